The predicted octanol–water partition coefficient (Wildman–Crippen LogP) is 1.15. The van der Waals surface area contributed by atoms with Gasteiger partial charge in [-0.15, -0.1) is 0 Å². The lowest BCUT2D eigenvalue weighted by molar-refractivity contribution is 0.344. The summed E-state index contributed by atoms with van der Waals surface area (Å²) in [6.07, 6.45) is 4.66. The third-order valence-electron chi connectivity index (χ3n) is 2.42. The Morgan fingerprint density at radius 2 is 2.15 bits per heavy atom. The number of rotatable bonds is 2. The molecule has 1 saturated heterocycles. The second kappa shape index (κ2) is 5.37. The minimum atomic E-state index is 0.724. The van der Waals surface area contributed by atoms with Gasteiger partial charge in [0.05, 0.1) is 0 Å². The summed E-state index contributed by atoms with van der Waals surface area (Å²) in [5.74, 6) is 0.724. The number of aliphatic imine (C=N–C) groups is 1. The Labute approximate surface area is 84.8 Å². The fourth-order valence-corrected chi connectivity index (χ4v) is 2.26. The molecule has 0 unspecified atom stereocenters. The zero-order valence-corrected chi connectivity index (χ0v) is 9.31. The molecule has 0 spiro atoms. The van der Waals surface area contributed by atoms with Crippen LogP contribution in [0.25, 0.3) is 0 Å². The Bertz CT molecular complexity index is 174. The Morgan fingerprint density at radius 3 is 2.62 bits per heavy atom. The van der Waals surface area contributed by atoms with Crippen LogP contribution in [0.5, 0.6) is 0 Å². The molecule has 1 fully saturated rings. The molecule has 1 aliphatic rings. The van der Waals surface area contributed by atoms with E-state index in [2.05, 4.69) is 16.1 Å². The molecule has 0 aromatic rings. The van der Waals surface area contributed by atoms with Gasteiger partial charge in [-0.2, -0.15) is 11.8 Å². The van der Waals surface area contributed by atoms with Crippen LogP contribution in [-0.2, 0) is 0 Å². The zero-order valence-electron chi connectivity index (χ0n) is 8.49. The summed E-state index contributed by atoms with van der Waals surface area (Å²) in [7, 11) is 0. The van der Waals surface area contributed by atoms with Crippen molar-refractivity contribution < 1.29 is 0 Å². The van der Waals surface area contributed by atoms with Gasteiger partial charge in [0, 0.05) is 24.9 Å². The number of thioether (sulfide) groups is 1. The number of piperidine rings is 1. The molecule has 4 heteroatoms. The molecule has 1 heterocycles. The van der Waals surface area contributed by atoms with E-state index in [4.69, 9.17) is 5.73 Å². The van der Waals surface area contributed by atoms with Crippen molar-refractivity contribution >= 4 is 17.7 Å². The molecule has 13 heavy (non-hydrogen) atoms. The molecule has 0 aromatic heterocycles. The van der Waals surface area contributed by atoms with Crippen molar-refractivity contribution in [2.75, 3.05) is 25.9 Å². The van der Waals surface area contributed by atoms with Crippen molar-refractivity contribution in [3.8, 4) is 0 Å². The van der Waals surface area contributed by atoms with E-state index in [0.717, 1.165) is 30.8 Å². The van der Waals surface area contributed by atoms with Gasteiger partial charge < -0.3 is 10.6 Å². The number of nitrogens with zero attached hydrogens (tertiary/aromatic N) is 2. The third kappa shape index (κ3) is 3.10. The highest BCUT2D eigenvalue weighted by Gasteiger charge is 2.18. The molecule has 0 atom stereocenters. The molecule has 1 aliphatic heterocycles. The van der Waals surface area contributed by atoms with Crippen LogP contribution in [-0.4, -0.2) is 42.0 Å². The topological polar surface area (TPSA) is 41.6 Å². The highest BCUT2D eigenvalue weighted by atomic mass is 32.2. The Kier molecular flexibility index (Phi) is 4.42. The van der Waals surface area contributed by atoms with E-state index in [1.54, 1.807) is 0 Å². The van der Waals surface area contributed by atoms with Gasteiger partial charge in [-0.3, -0.25) is 4.99 Å². The van der Waals surface area contributed by atoms with E-state index >= 15 is 0 Å². The normalized spacial score (nSPS) is 20.8. The average Bonchev–Trinajstić information content (AvgIpc) is 2.18. The maximum absolute atomic E-state index is 5.81. The lowest BCUT2D eigenvalue weighted by Crippen LogP contribution is -2.43. The first-order valence-electron chi connectivity index (χ1n) is 4.85. The number of nitrogens with two attached hydrogens (primary N) is 1. The van der Waals surface area contributed by atoms with Gasteiger partial charge in [0.1, 0.15) is 0 Å². The second-order valence-electron chi connectivity index (χ2n) is 3.25. The van der Waals surface area contributed by atoms with Crippen molar-refractivity contribution in [2.24, 2.45) is 10.7 Å². The van der Waals surface area contributed by atoms with E-state index in [0.29, 0.717) is 0 Å². The lowest BCUT2D eigenvalue weighted by atomic mass is 10.1. The number of likely N-dealkylation sites (tertiary alicyclic amines) is 1. The lowest BCUT2D eigenvalue weighted by Gasteiger charge is -2.31. The summed E-state index contributed by atoms with van der Waals surface area (Å²) in [4.78, 5) is 6.40. The van der Waals surface area contributed by atoms with Gasteiger partial charge in [-0.25, -0.2) is 0 Å². The summed E-state index contributed by atoms with van der Waals surface area (Å²) in [5.41, 5.74) is 5.81. The maximum atomic E-state index is 5.81. The molecule has 1 rings (SSSR count). The summed E-state index contributed by atoms with van der Waals surface area (Å²) in [5, 5.41) is 0.825. The van der Waals surface area contributed by atoms with Gasteiger partial charge >= 0.3 is 0 Å². The smallest absolute Gasteiger partial charge is 0.191 e. The number of hydrogen-bond acceptors (Lipinski definition) is 2. The molecule has 0 bridgehead atoms. The van der Waals surface area contributed by atoms with Crippen molar-refractivity contribution in [1.82, 2.24) is 4.90 Å². The maximum Gasteiger partial charge on any atom is 0.191 e. The summed E-state index contributed by atoms with van der Waals surface area (Å²) >= 11 is 1.97. The zero-order chi connectivity index (χ0) is 9.68. The molecule has 3 nitrogen and oxygen atoms in total. The van der Waals surface area contributed by atoms with Crippen molar-refractivity contribution in [2.45, 2.75) is 25.0 Å². The quantitative estimate of drug-likeness (QED) is 0.538. The monoisotopic (exact) mass is 201 g/mol. The summed E-state index contributed by atoms with van der Waals surface area (Å²) in [6, 6.07) is 0. The average molecular weight is 201 g/mol. The molecule has 0 aliphatic carbocycles. The third-order valence-corrected chi connectivity index (χ3v) is 3.56. The molecule has 0 saturated carbocycles. The summed E-state index contributed by atoms with van der Waals surface area (Å²) < 4.78 is 0. The molecule has 0 radical (unpaired) electrons. The Balaban J connectivity index is 2.36. The standard InChI is InChI=1S/C9H19N3S/c1-3-11-9(10)12-6-4-8(13-2)5-7-12/h8H,3-7H2,1-2H3,(H2,10,11). The van der Waals surface area contributed by atoms with E-state index < -0.39 is 0 Å². The minimum absolute atomic E-state index is 0.724. The molecule has 2 N–H and O–H groups in total. The van der Waals surface area contributed by atoms with E-state index in [-0.39, 0.29) is 0 Å². The molecule has 76 valence electrons. The van der Waals surface area contributed by atoms with Crippen molar-refractivity contribution in [3.05, 3.63) is 0 Å². The van der Waals surface area contributed by atoms with Crippen LogP contribution in [0.2, 0.25) is 0 Å². The van der Waals surface area contributed by atoms with Crippen LogP contribution in [0.3, 0.4) is 0 Å². The van der Waals surface area contributed by atoms with Gasteiger partial charge in [0.15, 0.2) is 5.96 Å². The second-order valence-corrected chi connectivity index (χ2v) is 4.39. The Morgan fingerprint density at radius 1 is 1.54 bits per heavy atom. The molecule has 0 amide bonds. The van der Waals surface area contributed by atoms with E-state index in [1.807, 2.05) is 18.7 Å². The van der Waals surface area contributed by atoms with E-state index in [1.165, 1.54) is 12.8 Å². The highest BCUT2D eigenvalue weighted by molar-refractivity contribution is 7.99. The van der Waals surface area contributed by atoms with Gasteiger partial charge in [0.25, 0.3) is 0 Å². The van der Waals surface area contributed by atoms with Gasteiger partial charge in [0.2, 0.25) is 0 Å². The SMILES string of the molecule is CCN=C(N)N1CCC(SC)CC1. The van der Waals surface area contributed by atoms with Crippen LogP contribution in [0, 0.1) is 0 Å². The largest absolute Gasteiger partial charge is 0.370 e. The highest BCUT2D eigenvalue weighted by Crippen LogP contribution is 2.20. The minimum Gasteiger partial charge on any atom is -0.370 e. The first-order chi connectivity index (χ1) is 6.27. The van der Waals surface area contributed by atoms with Gasteiger partial charge in [-0.1, -0.05) is 0 Å². The first-order valence-corrected chi connectivity index (χ1v) is 6.14. The molecule has 0 aromatic carbocycles. The van der Waals surface area contributed by atoms with Crippen LogP contribution in [0.15, 0.2) is 4.99 Å². The summed E-state index contributed by atoms with van der Waals surface area (Å²) in [6.45, 7) is 4.94. The van der Waals surface area contributed by atoms with Crippen molar-refractivity contribution in [3.63, 3.8) is 0 Å². The number of guanidine groups is 1. The van der Waals surface area contributed by atoms with Crippen LogP contribution in [0.1, 0.15) is 19.8 Å². The predicted molar refractivity (Wildman–Crippen MR) is 60.3 cm³/mol. The fourth-order valence-electron chi connectivity index (χ4n) is 1.58. The number of hydrogen-bond donors (Lipinski definition) is 1. The van der Waals surface area contributed by atoms with Crippen molar-refractivity contribution in [1.29, 1.82) is 0 Å². The van der Waals surface area contributed by atoms with Gasteiger partial charge in [-0.05, 0) is 26.0 Å². The van der Waals surface area contributed by atoms with Crippen LogP contribution >= 0.6 is 11.8 Å². The Hall–Kier alpha value is -0.380. The fraction of sp³-hybridized carbons (Fsp3) is 0.889. The van der Waals surface area contributed by atoms with Crippen LogP contribution in [0.4, 0.5) is 0 Å². The molecular formula is C9H19N3S. The first kappa shape index (κ1) is 10.7. The van der Waals surface area contributed by atoms with Crippen LogP contribution < -0.4 is 5.73 Å². The molecular weight excluding hydrogens is 182 g/mol. The van der Waals surface area contributed by atoms with E-state index in [9.17, 15) is 0 Å².